The zero-order valence-electron chi connectivity index (χ0n) is 41.3. The number of imide groups is 1. The number of aromatic nitrogens is 3. The van der Waals surface area contributed by atoms with Crippen molar-refractivity contribution < 1.29 is 28.6 Å². The van der Waals surface area contributed by atoms with Gasteiger partial charge in [-0.25, -0.2) is 4.39 Å². The van der Waals surface area contributed by atoms with Crippen molar-refractivity contribution in [3.63, 3.8) is 0 Å². The van der Waals surface area contributed by atoms with E-state index in [1.54, 1.807) is 23.2 Å². The quantitative estimate of drug-likeness (QED) is 0.118. The topological polar surface area (TPSA) is 160 Å². The predicted molar refractivity (Wildman–Crippen MR) is 273 cm³/mol. The molecule has 1 spiro atoms. The van der Waals surface area contributed by atoms with Crippen LogP contribution in [0.5, 0.6) is 11.8 Å². The number of nitrogens with one attached hydrogen (secondary N) is 2. The summed E-state index contributed by atoms with van der Waals surface area (Å²) in [5.74, 6) is 0.128. The van der Waals surface area contributed by atoms with Gasteiger partial charge in [-0.3, -0.25) is 24.7 Å². The first-order chi connectivity index (χ1) is 35.0. The summed E-state index contributed by atoms with van der Waals surface area (Å²) in [6.45, 7) is 13.2. The van der Waals surface area contributed by atoms with Crippen molar-refractivity contribution in [3.8, 4) is 23.0 Å². The number of aromatic hydroxyl groups is 1. The summed E-state index contributed by atoms with van der Waals surface area (Å²) >= 11 is 0. The molecule has 72 heavy (non-hydrogen) atoms. The molecule has 3 amide bonds. The Hall–Kier alpha value is -5.97. The highest BCUT2D eigenvalue weighted by Crippen LogP contribution is 2.48. The Kier molecular flexibility index (Phi) is 11.4. The van der Waals surface area contributed by atoms with Crippen LogP contribution in [0.15, 0.2) is 54.7 Å². The van der Waals surface area contributed by atoms with Gasteiger partial charge >= 0.3 is 6.01 Å². The lowest BCUT2D eigenvalue weighted by molar-refractivity contribution is -0.136. The molecule has 7 fully saturated rings. The van der Waals surface area contributed by atoms with Crippen LogP contribution in [0.3, 0.4) is 0 Å². The second kappa shape index (κ2) is 17.9. The molecule has 3 unspecified atom stereocenters. The van der Waals surface area contributed by atoms with E-state index in [1.807, 2.05) is 24.3 Å². The highest BCUT2D eigenvalue weighted by molar-refractivity contribution is 6.06. The van der Waals surface area contributed by atoms with E-state index >= 15 is 4.39 Å². The van der Waals surface area contributed by atoms with Crippen LogP contribution in [0.25, 0.3) is 32.9 Å². The molecule has 6 saturated heterocycles. The molecule has 8 aliphatic rings. The van der Waals surface area contributed by atoms with Gasteiger partial charge in [-0.15, -0.1) is 0 Å². The van der Waals surface area contributed by atoms with Gasteiger partial charge < -0.3 is 39.7 Å². The van der Waals surface area contributed by atoms with Gasteiger partial charge in [0.2, 0.25) is 11.8 Å². The van der Waals surface area contributed by atoms with Crippen molar-refractivity contribution in [2.75, 3.05) is 81.9 Å². The molecular formula is C56H65FN10O5. The van der Waals surface area contributed by atoms with Crippen LogP contribution in [-0.4, -0.2) is 143 Å². The highest BCUT2D eigenvalue weighted by Gasteiger charge is 2.48. The third-order valence-electron chi connectivity index (χ3n) is 17.9. The molecule has 1 saturated carbocycles. The van der Waals surface area contributed by atoms with Gasteiger partial charge in [0.1, 0.15) is 28.8 Å². The fourth-order valence-electron chi connectivity index (χ4n) is 13.7. The van der Waals surface area contributed by atoms with Gasteiger partial charge in [0.05, 0.1) is 12.0 Å². The minimum atomic E-state index is -0.596. The molecule has 3 atom stereocenters. The monoisotopic (exact) mass is 977 g/mol. The third kappa shape index (κ3) is 8.40. The summed E-state index contributed by atoms with van der Waals surface area (Å²) < 4.78 is 23.8. The van der Waals surface area contributed by atoms with E-state index in [-0.39, 0.29) is 52.5 Å². The second-order valence-electron chi connectivity index (χ2n) is 22.8. The Morgan fingerprint density at radius 1 is 0.861 bits per heavy atom. The number of carbonyl (C=O) groups excluding carboxylic acids is 3. The third-order valence-corrected chi connectivity index (χ3v) is 17.9. The number of aryl methyl sites for hydroxylation is 1. The zero-order valence-corrected chi connectivity index (χ0v) is 41.3. The number of phenols is 1. The number of rotatable bonds is 12. The first-order valence-corrected chi connectivity index (χ1v) is 26.7. The summed E-state index contributed by atoms with van der Waals surface area (Å²) in [6.07, 6.45) is 12.2. The summed E-state index contributed by atoms with van der Waals surface area (Å²) in [5.41, 5.74) is 5.15. The van der Waals surface area contributed by atoms with Crippen LogP contribution < -0.4 is 25.2 Å². The molecular weight excluding hydrogens is 912 g/mol. The summed E-state index contributed by atoms with van der Waals surface area (Å²) in [6, 6.07) is 15.7. The van der Waals surface area contributed by atoms with Gasteiger partial charge in [-0.2, -0.15) is 9.97 Å². The molecule has 2 aromatic heterocycles. The minimum absolute atomic E-state index is 0.0323. The number of hydrogen-bond donors (Lipinski definition) is 3. The molecule has 1 aliphatic carbocycles. The number of piperidine rings is 3. The van der Waals surface area contributed by atoms with Gasteiger partial charge in [-0.05, 0) is 141 Å². The SMILES string of the molecule is CCc1cccc2cc(O)cc(-c3ncc4c(N5CC6CCC(C5)N6)nc(OCC5(CN6CCC(CN7CC8(CCN(c9ccc%10c(c9)CN(C9CCC(=O)NC9=O)C%10=O)CC8)C7)CC6)CC5)nc4c3F)c12. The molecule has 3 aromatic carbocycles. The lowest BCUT2D eigenvalue weighted by Gasteiger charge is -2.55. The highest BCUT2D eigenvalue weighted by atomic mass is 19.1. The largest absolute Gasteiger partial charge is 0.508 e. The second-order valence-corrected chi connectivity index (χ2v) is 22.8. The van der Waals surface area contributed by atoms with E-state index < -0.39 is 11.9 Å². The Morgan fingerprint density at radius 2 is 1.65 bits per heavy atom. The van der Waals surface area contributed by atoms with Crippen LogP contribution in [0.4, 0.5) is 15.9 Å². The Bertz CT molecular complexity index is 2980. The molecule has 2 bridgehead atoms. The number of carbonyl (C=O) groups is 3. The normalized spacial score (nSPS) is 25.1. The number of halogens is 1. The lowest BCUT2D eigenvalue weighted by atomic mass is 9.71. The van der Waals surface area contributed by atoms with E-state index in [1.165, 1.54) is 32.5 Å². The number of hydrogen-bond acceptors (Lipinski definition) is 13. The number of phenolic OH excluding ortho intramolecular Hbond substituents is 1. The van der Waals surface area contributed by atoms with Gasteiger partial charge in [0.15, 0.2) is 5.82 Å². The van der Waals surface area contributed by atoms with Crippen molar-refractivity contribution in [1.29, 1.82) is 0 Å². The number of likely N-dealkylation sites (tertiary alicyclic amines) is 2. The van der Waals surface area contributed by atoms with Crippen molar-refractivity contribution in [2.45, 2.75) is 102 Å². The first-order valence-electron chi connectivity index (χ1n) is 26.7. The van der Waals surface area contributed by atoms with Crippen LogP contribution in [0.1, 0.15) is 92.6 Å². The van der Waals surface area contributed by atoms with Crippen molar-refractivity contribution in [2.24, 2.45) is 16.7 Å². The number of nitrogens with zero attached hydrogens (tertiary/aromatic N) is 8. The number of anilines is 2. The molecule has 376 valence electrons. The molecule has 9 heterocycles. The molecule has 7 aliphatic heterocycles. The average molecular weight is 977 g/mol. The van der Waals surface area contributed by atoms with Crippen molar-refractivity contribution >= 4 is 50.9 Å². The fraction of sp³-hybridized carbons (Fsp3) is 0.536. The average Bonchev–Trinajstić information content (AvgIpc) is 3.95. The van der Waals surface area contributed by atoms with E-state index in [2.05, 4.69) is 49.3 Å². The van der Waals surface area contributed by atoms with E-state index in [4.69, 9.17) is 19.7 Å². The van der Waals surface area contributed by atoms with E-state index in [0.29, 0.717) is 65.3 Å². The maximum atomic E-state index is 17.2. The number of ether oxygens (including phenoxy) is 1. The van der Waals surface area contributed by atoms with Crippen LogP contribution >= 0.6 is 0 Å². The van der Waals surface area contributed by atoms with Crippen molar-refractivity contribution in [3.05, 3.63) is 77.2 Å². The molecule has 16 heteroatoms. The molecule has 15 nitrogen and oxygen atoms in total. The summed E-state index contributed by atoms with van der Waals surface area (Å²) in [5, 5.41) is 19.2. The Morgan fingerprint density at radius 3 is 2.40 bits per heavy atom. The van der Waals surface area contributed by atoms with Crippen molar-refractivity contribution in [1.82, 2.24) is 40.3 Å². The number of benzene rings is 3. The number of piperazine rings is 1. The van der Waals surface area contributed by atoms with Crippen LogP contribution in [0, 0.1) is 22.6 Å². The van der Waals surface area contributed by atoms with Gasteiger partial charge in [0.25, 0.3) is 5.91 Å². The maximum absolute atomic E-state index is 17.2. The minimum Gasteiger partial charge on any atom is -0.508 e. The maximum Gasteiger partial charge on any atom is 0.319 e. The Balaban J connectivity index is 0.620. The number of amides is 3. The fourth-order valence-corrected chi connectivity index (χ4v) is 13.7. The van der Waals surface area contributed by atoms with E-state index in [9.17, 15) is 19.5 Å². The van der Waals surface area contributed by atoms with Gasteiger partial charge in [0, 0.05) is 106 Å². The Labute approximate surface area is 419 Å². The van der Waals surface area contributed by atoms with Gasteiger partial charge in [-0.1, -0.05) is 25.1 Å². The standard InChI is InChI=1S/C56H65FN10O5/c1-2-35-4-3-5-36-23-41(68)24-43(47(35)36)49-48(57)50-44(25-58-49)51(66-28-38-6-7-39(29-66)59-38)62-54(61-50)72-33-56(14-15-56)32-63-18-12-34(13-19-63)26-64-30-55(31-64)16-20-65(21-17-55)40-8-9-42-37(22-40)27-67(53(42)71)45-10-11-46(69)60-52(45)70/h3-5,8-9,22-25,34,38-39,45,59,68H,2,6-7,10-21,26-33H2,1H3,(H,60,69,70). The zero-order chi connectivity index (χ0) is 48.9. The molecule has 0 radical (unpaired) electrons. The van der Waals surface area contributed by atoms with Crippen LogP contribution in [0.2, 0.25) is 0 Å². The van der Waals surface area contributed by atoms with Crippen LogP contribution in [-0.2, 0) is 22.6 Å². The molecule has 5 aromatic rings. The summed E-state index contributed by atoms with van der Waals surface area (Å²) in [7, 11) is 0. The molecule has 3 N–H and O–H groups in total. The summed E-state index contributed by atoms with van der Waals surface area (Å²) in [4.78, 5) is 63.8. The predicted octanol–water partition coefficient (Wildman–Crippen LogP) is 6.43. The lowest BCUT2D eigenvalue weighted by Crippen LogP contribution is -2.61. The smallest absolute Gasteiger partial charge is 0.319 e. The number of fused-ring (bicyclic) bond motifs is 5. The molecule has 13 rings (SSSR count). The number of pyridine rings is 1. The van der Waals surface area contributed by atoms with E-state index in [0.717, 1.165) is 118 Å². The first kappa shape index (κ1) is 45.9.